The molecule has 2 aromatic rings. The molecule has 1 aromatic carbocycles. The lowest BCUT2D eigenvalue weighted by Gasteiger charge is -2.02. The van der Waals surface area contributed by atoms with Gasteiger partial charge in [0.25, 0.3) is 0 Å². The van der Waals surface area contributed by atoms with Crippen LogP contribution in [0.2, 0.25) is 0 Å². The molecule has 0 atom stereocenters. The molecule has 0 N–H and O–H groups in total. The third-order valence-electron chi connectivity index (χ3n) is 1.98. The molecule has 2 rings (SSSR count). The van der Waals surface area contributed by atoms with Crippen LogP contribution in [0.1, 0.15) is 11.1 Å². The van der Waals surface area contributed by atoms with E-state index in [0.717, 1.165) is 5.56 Å². The highest BCUT2D eigenvalue weighted by Gasteiger charge is 2.01. The average Bonchev–Trinajstić information content (AvgIpc) is 2.65. The maximum absolute atomic E-state index is 8.74. The van der Waals surface area contributed by atoms with Crippen LogP contribution in [-0.4, -0.2) is 14.8 Å². The van der Waals surface area contributed by atoms with Gasteiger partial charge in [-0.2, -0.15) is 10.4 Å². The first-order valence-corrected chi connectivity index (χ1v) is 4.80. The van der Waals surface area contributed by atoms with E-state index >= 15 is 0 Å². The fraction of sp³-hybridized carbons (Fsp3) is 0.100. The Kier molecular flexibility index (Phi) is 2.70. The van der Waals surface area contributed by atoms with Crippen molar-refractivity contribution in [1.29, 1.82) is 5.26 Å². The van der Waals surface area contributed by atoms with Crippen molar-refractivity contribution in [1.82, 2.24) is 14.8 Å². The molecule has 1 aromatic heterocycles. The van der Waals surface area contributed by atoms with Crippen molar-refractivity contribution in [3.8, 4) is 6.07 Å². The Morgan fingerprint density at radius 2 is 2.33 bits per heavy atom. The van der Waals surface area contributed by atoms with Crippen LogP contribution in [0.3, 0.4) is 0 Å². The van der Waals surface area contributed by atoms with Crippen molar-refractivity contribution in [3.63, 3.8) is 0 Å². The molecular formula is C10H8N4S. The Morgan fingerprint density at radius 1 is 1.47 bits per heavy atom. The highest BCUT2D eigenvalue weighted by molar-refractivity contribution is 7.80. The molecule has 5 heteroatoms. The molecule has 0 radical (unpaired) electrons. The number of thiol groups is 1. The molecule has 0 saturated carbocycles. The van der Waals surface area contributed by atoms with Gasteiger partial charge in [-0.3, -0.25) is 0 Å². The van der Waals surface area contributed by atoms with Gasteiger partial charge < -0.3 is 0 Å². The van der Waals surface area contributed by atoms with Crippen LogP contribution >= 0.6 is 12.6 Å². The third kappa shape index (κ3) is 2.17. The zero-order valence-corrected chi connectivity index (χ0v) is 8.72. The Bertz CT molecular complexity index is 512. The first-order valence-electron chi connectivity index (χ1n) is 4.35. The van der Waals surface area contributed by atoms with Gasteiger partial charge in [-0.25, -0.2) is 9.67 Å². The van der Waals surface area contributed by atoms with Crippen LogP contribution < -0.4 is 0 Å². The summed E-state index contributed by atoms with van der Waals surface area (Å²) in [6.07, 6.45) is 1.45. The van der Waals surface area contributed by atoms with E-state index < -0.39 is 0 Å². The van der Waals surface area contributed by atoms with Crippen molar-refractivity contribution < 1.29 is 0 Å². The second kappa shape index (κ2) is 4.15. The van der Waals surface area contributed by atoms with E-state index in [1.807, 2.05) is 18.2 Å². The molecule has 0 bridgehead atoms. The summed E-state index contributed by atoms with van der Waals surface area (Å²) in [5, 5.41) is 13.3. The molecular weight excluding hydrogens is 208 g/mol. The molecule has 0 aliphatic rings. The summed E-state index contributed by atoms with van der Waals surface area (Å²) in [5.74, 6) is 0. The Morgan fingerprint density at radius 3 is 3.00 bits per heavy atom. The molecule has 0 fully saturated rings. The summed E-state index contributed by atoms with van der Waals surface area (Å²) in [6.45, 7) is 0.578. The Hall–Kier alpha value is -1.80. The van der Waals surface area contributed by atoms with Crippen LogP contribution in [0.25, 0.3) is 0 Å². The lowest BCUT2D eigenvalue weighted by molar-refractivity contribution is 0.620. The fourth-order valence-corrected chi connectivity index (χ4v) is 1.46. The number of benzene rings is 1. The van der Waals surface area contributed by atoms with E-state index in [0.29, 0.717) is 17.3 Å². The van der Waals surface area contributed by atoms with Crippen LogP contribution in [0.5, 0.6) is 0 Å². The van der Waals surface area contributed by atoms with Gasteiger partial charge in [-0.15, -0.1) is 12.6 Å². The van der Waals surface area contributed by atoms with Crippen LogP contribution in [0, 0.1) is 11.3 Å². The molecule has 0 aliphatic carbocycles. The molecule has 4 nitrogen and oxygen atoms in total. The number of aromatic nitrogens is 3. The molecule has 15 heavy (non-hydrogen) atoms. The number of nitrogens with zero attached hydrogens (tertiary/aromatic N) is 4. The molecule has 0 unspecified atom stereocenters. The molecule has 0 saturated heterocycles. The first-order chi connectivity index (χ1) is 7.29. The lowest BCUT2D eigenvalue weighted by Crippen LogP contribution is -2.02. The maximum Gasteiger partial charge on any atom is 0.183 e. The zero-order valence-electron chi connectivity index (χ0n) is 7.83. The second-order valence-electron chi connectivity index (χ2n) is 3.03. The summed E-state index contributed by atoms with van der Waals surface area (Å²) in [7, 11) is 0. The summed E-state index contributed by atoms with van der Waals surface area (Å²) in [6, 6.07) is 9.49. The standard InChI is InChI=1S/C10H8N4S/c11-5-8-2-1-3-9(4-8)6-14-10(15)12-7-13-14/h1-4,7H,6H2,(H,12,13,15). The quantitative estimate of drug-likeness (QED) is 0.774. The summed E-state index contributed by atoms with van der Waals surface area (Å²) in [5.41, 5.74) is 1.66. The van der Waals surface area contributed by atoms with Crippen molar-refractivity contribution in [2.75, 3.05) is 0 Å². The molecule has 0 spiro atoms. The second-order valence-corrected chi connectivity index (χ2v) is 3.43. The maximum atomic E-state index is 8.74. The van der Waals surface area contributed by atoms with Crippen molar-refractivity contribution in [2.45, 2.75) is 11.7 Å². The van der Waals surface area contributed by atoms with Crippen molar-refractivity contribution in [3.05, 3.63) is 41.7 Å². The lowest BCUT2D eigenvalue weighted by atomic mass is 10.1. The van der Waals surface area contributed by atoms with Crippen LogP contribution in [0.15, 0.2) is 35.7 Å². The molecule has 0 aliphatic heterocycles. The van der Waals surface area contributed by atoms with Crippen LogP contribution in [0.4, 0.5) is 0 Å². The van der Waals surface area contributed by atoms with E-state index in [1.165, 1.54) is 6.33 Å². The van der Waals surface area contributed by atoms with Crippen LogP contribution in [-0.2, 0) is 6.54 Å². The molecule has 74 valence electrons. The van der Waals surface area contributed by atoms with Gasteiger partial charge in [0.05, 0.1) is 18.2 Å². The normalized spacial score (nSPS) is 9.87. The average molecular weight is 216 g/mol. The van der Waals surface area contributed by atoms with Crippen molar-refractivity contribution >= 4 is 12.6 Å². The van der Waals surface area contributed by atoms with Gasteiger partial charge in [0.2, 0.25) is 0 Å². The smallest absolute Gasteiger partial charge is 0.183 e. The molecule has 0 amide bonds. The Labute approximate surface area is 92.6 Å². The SMILES string of the molecule is N#Cc1cccc(Cn2ncnc2S)c1. The monoisotopic (exact) mass is 216 g/mol. The minimum atomic E-state index is 0.567. The van der Waals surface area contributed by atoms with Gasteiger partial charge in [0, 0.05) is 0 Å². The predicted octanol–water partition coefficient (Wildman–Crippen LogP) is 1.49. The van der Waals surface area contributed by atoms with E-state index in [1.54, 1.807) is 10.7 Å². The largest absolute Gasteiger partial charge is 0.237 e. The summed E-state index contributed by atoms with van der Waals surface area (Å²) < 4.78 is 1.67. The van der Waals surface area contributed by atoms with Gasteiger partial charge >= 0.3 is 0 Å². The number of hydrogen-bond acceptors (Lipinski definition) is 4. The van der Waals surface area contributed by atoms with E-state index in [2.05, 4.69) is 28.8 Å². The highest BCUT2D eigenvalue weighted by Crippen LogP contribution is 2.08. The molecule has 1 heterocycles. The highest BCUT2D eigenvalue weighted by atomic mass is 32.1. The van der Waals surface area contributed by atoms with Gasteiger partial charge in [0.15, 0.2) is 5.16 Å². The topological polar surface area (TPSA) is 54.5 Å². The summed E-state index contributed by atoms with van der Waals surface area (Å²) >= 11 is 4.15. The third-order valence-corrected chi connectivity index (χ3v) is 2.33. The van der Waals surface area contributed by atoms with Gasteiger partial charge in [-0.05, 0) is 17.7 Å². The Balaban J connectivity index is 2.25. The number of nitriles is 1. The van der Waals surface area contributed by atoms with Gasteiger partial charge in [-0.1, -0.05) is 12.1 Å². The summed E-state index contributed by atoms with van der Waals surface area (Å²) in [4.78, 5) is 3.91. The van der Waals surface area contributed by atoms with E-state index in [9.17, 15) is 0 Å². The van der Waals surface area contributed by atoms with E-state index in [4.69, 9.17) is 5.26 Å². The first kappa shape index (κ1) is 9.74. The fourth-order valence-electron chi connectivity index (χ4n) is 1.28. The number of hydrogen-bond donors (Lipinski definition) is 1. The van der Waals surface area contributed by atoms with Crippen molar-refractivity contribution in [2.24, 2.45) is 0 Å². The van der Waals surface area contributed by atoms with Gasteiger partial charge in [0.1, 0.15) is 6.33 Å². The zero-order chi connectivity index (χ0) is 10.7. The predicted molar refractivity (Wildman–Crippen MR) is 57.5 cm³/mol. The minimum Gasteiger partial charge on any atom is -0.237 e. The minimum absolute atomic E-state index is 0.567. The van der Waals surface area contributed by atoms with E-state index in [-0.39, 0.29) is 0 Å². The number of rotatable bonds is 2.